The van der Waals surface area contributed by atoms with Crippen LogP contribution in [-0.4, -0.2) is 89.0 Å². The standard InChI is InChI=1S/C18H30N6O2S2/c25-17(23-10-12-26-13-11-23)22-8-6-21(7-9-22)14-24-18(27)28-16(20-24)19-15-4-2-1-3-5-15/h15H,1-14H2,(H,19,20). The number of anilines is 1. The molecule has 1 aromatic rings. The summed E-state index contributed by atoms with van der Waals surface area (Å²) < 4.78 is 8.07. The maximum atomic E-state index is 12.6. The Hall–Kier alpha value is -1.23. The normalized spacial score (nSPS) is 22.4. The van der Waals surface area contributed by atoms with Crippen molar-refractivity contribution in [2.75, 3.05) is 57.8 Å². The minimum atomic E-state index is 0.146. The summed E-state index contributed by atoms with van der Waals surface area (Å²) in [6, 6.07) is 0.685. The smallest absolute Gasteiger partial charge is 0.320 e. The van der Waals surface area contributed by atoms with Gasteiger partial charge in [0.15, 0.2) is 3.95 Å². The number of amides is 2. The van der Waals surface area contributed by atoms with Gasteiger partial charge in [-0.2, -0.15) is 0 Å². The first-order valence-electron chi connectivity index (χ1n) is 10.4. The van der Waals surface area contributed by atoms with Crippen LogP contribution in [0.1, 0.15) is 32.1 Å². The summed E-state index contributed by atoms with van der Waals surface area (Å²) in [6.07, 6.45) is 6.41. The Morgan fingerprint density at radius 2 is 1.75 bits per heavy atom. The average Bonchev–Trinajstić information content (AvgIpc) is 3.08. The monoisotopic (exact) mass is 426 g/mol. The number of morpholine rings is 1. The molecule has 3 heterocycles. The van der Waals surface area contributed by atoms with Crippen molar-refractivity contribution >= 4 is 34.7 Å². The van der Waals surface area contributed by atoms with Gasteiger partial charge in [-0.3, -0.25) is 4.90 Å². The van der Waals surface area contributed by atoms with E-state index in [0.717, 1.165) is 35.3 Å². The van der Waals surface area contributed by atoms with Crippen LogP contribution in [0.4, 0.5) is 9.93 Å². The molecule has 1 N–H and O–H groups in total. The molecular weight excluding hydrogens is 396 g/mol. The first kappa shape index (κ1) is 20.1. The average molecular weight is 427 g/mol. The van der Waals surface area contributed by atoms with Gasteiger partial charge >= 0.3 is 6.03 Å². The van der Waals surface area contributed by atoms with Crippen molar-refractivity contribution < 1.29 is 9.53 Å². The van der Waals surface area contributed by atoms with Gasteiger partial charge in [0.25, 0.3) is 0 Å². The van der Waals surface area contributed by atoms with E-state index in [1.807, 2.05) is 14.5 Å². The molecule has 3 fully saturated rings. The number of nitrogens with one attached hydrogen (secondary N) is 1. The highest BCUT2D eigenvalue weighted by Gasteiger charge is 2.26. The highest BCUT2D eigenvalue weighted by Crippen LogP contribution is 2.23. The first-order valence-corrected chi connectivity index (χ1v) is 11.6. The molecule has 0 atom stereocenters. The third kappa shape index (κ3) is 5.03. The van der Waals surface area contributed by atoms with Gasteiger partial charge in [0.05, 0.1) is 19.9 Å². The number of ether oxygens (including phenoxy) is 1. The van der Waals surface area contributed by atoms with Crippen LogP contribution in [0.25, 0.3) is 0 Å². The molecule has 1 saturated carbocycles. The molecule has 4 rings (SSSR count). The Balaban J connectivity index is 1.26. The zero-order chi connectivity index (χ0) is 19.3. The van der Waals surface area contributed by atoms with E-state index in [2.05, 4.69) is 10.2 Å². The van der Waals surface area contributed by atoms with E-state index in [4.69, 9.17) is 22.1 Å². The second-order valence-electron chi connectivity index (χ2n) is 7.78. The summed E-state index contributed by atoms with van der Waals surface area (Å²) in [4.78, 5) is 18.8. The number of nitrogens with zero attached hydrogens (tertiary/aromatic N) is 5. The summed E-state index contributed by atoms with van der Waals surface area (Å²) >= 11 is 7.10. The van der Waals surface area contributed by atoms with Gasteiger partial charge in [0, 0.05) is 45.3 Å². The number of carbonyl (C=O) groups excluding carboxylic acids is 1. The van der Waals surface area contributed by atoms with Gasteiger partial charge in [0.1, 0.15) is 0 Å². The van der Waals surface area contributed by atoms with Crippen molar-refractivity contribution in [3.8, 4) is 0 Å². The van der Waals surface area contributed by atoms with Crippen LogP contribution < -0.4 is 5.32 Å². The van der Waals surface area contributed by atoms with Crippen molar-refractivity contribution in [1.29, 1.82) is 0 Å². The SMILES string of the molecule is O=C(N1CCOCC1)N1CCN(Cn2nc(NC3CCCCC3)sc2=S)CC1. The van der Waals surface area contributed by atoms with Crippen molar-refractivity contribution in [2.24, 2.45) is 0 Å². The van der Waals surface area contributed by atoms with Gasteiger partial charge in [-0.25, -0.2) is 9.48 Å². The molecule has 0 radical (unpaired) electrons. The van der Waals surface area contributed by atoms with Crippen LogP contribution in [0.3, 0.4) is 0 Å². The van der Waals surface area contributed by atoms with Gasteiger partial charge < -0.3 is 19.9 Å². The van der Waals surface area contributed by atoms with E-state index in [-0.39, 0.29) is 6.03 Å². The first-order chi connectivity index (χ1) is 13.7. The lowest BCUT2D eigenvalue weighted by Crippen LogP contribution is -2.54. The maximum Gasteiger partial charge on any atom is 0.320 e. The summed E-state index contributed by atoms with van der Waals surface area (Å²) in [5.41, 5.74) is 0. The molecule has 2 amide bonds. The van der Waals surface area contributed by atoms with E-state index < -0.39 is 0 Å². The molecule has 3 aliphatic rings. The van der Waals surface area contributed by atoms with Crippen LogP contribution in [0, 0.1) is 3.95 Å². The molecule has 1 aliphatic carbocycles. The fraction of sp³-hybridized carbons (Fsp3) is 0.833. The summed E-state index contributed by atoms with van der Waals surface area (Å²) in [7, 11) is 0. The second-order valence-corrected chi connectivity index (χ2v) is 9.40. The summed E-state index contributed by atoms with van der Waals surface area (Å²) in [5.74, 6) is 0. The second kappa shape index (κ2) is 9.51. The predicted octanol–water partition coefficient (Wildman–Crippen LogP) is 2.45. The van der Waals surface area contributed by atoms with Crippen LogP contribution in [0.15, 0.2) is 0 Å². The fourth-order valence-corrected chi connectivity index (χ4v) is 5.17. The van der Waals surface area contributed by atoms with Crippen LogP contribution in [0.5, 0.6) is 0 Å². The van der Waals surface area contributed by atoms with Gasteiger partial charge in [0.2, 0.25) is 5.13 Å². The Labute approximate surface area is 175 Å². The number of carbonyl (C=O) groups is 1. The molecule has 10 heteroatoms. The fourth-order valence-electron chi connectivity index (χ4n) is 4.10. The van der Waals surface area contributed by atoms with Crippen molar-refractivity contribution in [1.82, 2.24) is 24.5 Å². The highest BCUT2D eigenvalue weighted by atomic mass is 32.1. The van der Waals surface area contributed by atoms with Crippen molar-refractivity contribution in [3.05, 3.63) is 3.95 Å². The molecule has 2 aliphatic heterocycles. The number of aromatic nitrogens is 2. The minimum Gasteiger partial charge on any atom is -0.378 e. The molecule has 8 nitrogen and oxygen atoms in total. The predicted molar refractivity (Wildman–Crippen MR) is 112 cm³/mol. The van der Waals surface area contributed by atoms with E-state index >= 15 is 0 Å². The molecule has 0 bridgehead atoms. The van der Waals surface area contributed by atoms with Crippen LogP contribution in [0.2, 0.25) is 0 Å². The van der Waals surface area contributed by atoms with Crippen LogP contribution in [-0.2, 0) is 11.4 Å². The number of urea groups is 1. The number of piperazine rings is 1. The molecule has 1 aromatic heterocycles. The number of hydrogen-bond donors (Lipinski definition) is 1. The quantitative estimate of drug-likeness (QED) is 0.746. The van der Waals surface area contributed by atoms with Gasteiger partial charge in [-0.1, -0.05) is 30.6 Å². The Bertz CT molecular complexity index is 703. The summed E-state index contributed by atoms with van der Waals surface area (Å²) in [6.45, 7) is 6.58. The zero-order valence-corrected chi connectivity index (χ0v) is 18.0. The third-order valence-electron chi connectivity index (χ3n) is 5.80. The molecular formula is C18H30N6O2S2. The molecule has 2 saturated heterocycles. The maximum absolute atomic E-state index is 12.6. The van der Waals surface area contributed by atoms with E-state index in [9.17, 15) is 4.79 Å². The largest absolute Gasteiger partial charge is 0.378 e. The highest BCUT2D eigenvalue weighted by molar-refractivity contribution is 7.73. The lowest BCUT2D eigenvalue weighted by Gasteiger charge is -2.38. The molecule has 0 unspecified atom stereocenters. The lowest BCUT2D eigenvalue weighted by molar-refractivity contribution is 0.0354. The Morgan fingerprint density at radius 3 is 2.46 bits per heavy atom. The van der Waals surface area contributed by atoms with Gasteiger partial charge in [-0.15, -0.1) is 5.10 Å². The summed E-state index contributed by atoms with van der Waals surface area (Å²) in [5, 5.41) is 9.21. The van der Waals surface area contributed by atoms with Gasteiger partial charge in [-0.05, 0) is 25.1 Å². The Morgan fingerprint density at radius 1 is 1.07 bits per heavy atom. The van der Waals surface area contributed by atoms with Crippen molar-refractivity contribution in [3.63, 3.8) is 0 Å². The van der Waals surface area contributed by atoms with Crippen LogP contribution >= 0.6 is 23.6 Å². The topological polar surface area (TPSA) is 65.9 Å². The number of rotatable bonds is 4. The number of hydrogen-bond acceptors (Lipinski definition) is 7. The third-order valence-corrected chi connectivity index (χ3v) is 7.04. The lowest BCUT2D eigenvalue weighted by atomic mass is 9.96. The van der Waals surface area contributed by atoms with Crippen molar-refractivity contribution in [2.45, 2.75) is 44.8 Å². The zero-order valence-electron chi connectivity index (χ0n) is 16.3. The van der Waals surface area contributed by atoms with E-state index in [1.165, 1.54) is 32.1 Å². The molecule has 0 spiro atoms. The van der Waals surface area contributed by atoms with E-state index in [1.54, 1.807) is 11.3 Å². The Kier molecular flexibility index (Phi) is 6.81. The minimum absolute atomic E-state index is 0.146. The molecule has 0 aromatic carbocycles. The molecule has 28 heavy (non-hydrogen) atoms. The molecule has 156 valence electrons. The van der Waals surface area contributed by atoms with E-state index in [0.29, 0.717) is 39.0 Å².